The summed E-state index contributed by atoms with van der Waals surface area (Å²) in [6, 6.07) is 13.1. The van der Waals surface area contributed by atoms with Crippen molar-refractivity contribution in [3.8, 4) is 0 Å². The summed E-state index contributed by atoms with van der Waals surface area (Å²) in [5, 5.41) is 4.14. The summed E-state index contributed by atoms with van der Waals surface area (Å²) in [6.07, 6.45) is 3.05. The highest BCUT2D eigenvalue weighted by Crippen LogP contribution is 2.21. The van der Waals surface area contributed by atoms with Crippen LogP contribution >= 0.6 is 0 Å². The molecule has 26 heavy (non-hydrogen) atoms. The first-order valence-corrected chi connectivity index (χ1v) is 9.48. The first kappa shape index (κ1) is 17.2. The van der Waals surface area contributed by atoms with Crippen molar-refractivity contribution in [2.24, 2.45) is 7.05 Å². The molecule has 0 spiro atoms. The smallest absolute Gasteiger partial charge is 0.268 e. The van der Waals surface area contributed by atoms with Crippen LogP contribution in [-0.2, 0) is 13.6 Å². The van der Waals surface area contributed by atoms with Gasteiger partial charge in [0.05, 0.1) is 11.9 Å². The van der Waals surface area contributed by atoms with Crippen LogP contribution in [0.3, 0.4) is 0 Å². The Morgan fingerprint density at radius 2 is 1.85 bits per heavy atom. The summed E-state index contributed by atoms with van der Waals surface area (Å²) >= 11 is 0. The summed E-state index contributed by atoms with van der Waals surface area (Å²) in [6.45, 7) is 7.42. The second kappa shape index (κ2) is 7.60. The molecule has 1 unspecified atom stereocenters. The van der Waals surface area contributed by atoms with Crippen molar-refractivity contribution >= 4 is 5.69 Å². The van der Waals surface area contributed by atoms with E-state index in [9.17, 15) is 4.79 Å². The van der Waals surface area contributed by atoms with E-state index in [1.165, 1.54) is 23.2 Å². The quantitative estimate of drug-likeness (QED) is 0.826. The maximum absolute atomic E-state index is 11.8. The van der Waals surface area contributed by atoms with Crippen LogP contribution in [0.15, 0.2) is 47.4 Å². The molecule has 2 fully saturated rings. The van der Waals surface area contributed by atoms with E-state index in [1.807, 2.05) is 0 Å². The van der Waals surface area contributed by atoms with Crippen molar-refractivity contribution in [1.82, 2.24) is 19.6 Å². The number of likely N-dealkylation sites (tertiary alicyclic amines) is 1. The van der Waals surface area contributed by atoms with E-state index in [1.54, 1.807) is 19.3 Å². The zero-order chi connectivity index (χ0) is 17.9. The molecule has 0 bridgehead atoms. The van der Waals surface area contributed by atoms with Crippen molar-refractivity contribution in [3.05, 3.63) is 58.5 Å². The second-order valence-corrected chi connectivity index (χ2v) is 7.36. The zero-order valence-corrected chi connectivity index (χ0v) is 15.4. The third-order valence-corrected chi connectivity index (χ3v) is 5.65. The molecule has 0 radical (unpaired) electrons. The topological polar surface area (TPSA) is 44.6 Å². The molecule has 0 saturated carbocycles. The van der Waals surface area contributed by atoms with E-state index in [0.29, 0.717) is 6.04 Å². The average Bonchev–Trinajstić information content (AvgIpc) is 3.13. The summed E-state index contributed by atoms with van der Waals surface area (Å²) in [5.41, 5.74) is 2.30. The molecule has 6 heteroatoms. The predicted octanol–water partition coefficient (Wildman–Crippen LogP) is 1.18. The van der Waals surface area contributed by atoms with Crippen LogP contribution in [0.5, 0.6) is 0 Å². The Morgan fingerprint density at radius 1 is 1.08 bits per heavy atom. The van der Waals surface area contributed by atoms with Crippen LogP contribution < -0.4 is 10.5 Å². The molecule has 2 aliphatic heterocycles. The van der Waals surface area contributed by atoms with Gasteiger partial charge >= 0.3 is 0 Å². The van der Waals surface area contributed by atoms with Crippen LogP contribution in [0.4, 0.5) is 5.69 Å². The van der Waals surface area contributed by atoms with Gasteiger partial charge in [0.15, 0.2) is 0 Å². The number of hydrogen-bond donors (Lipinski definition) is 0. The lowest BCUT2D eigenvalue weighted by atomic mass is 10.2. The van der Waals surface area contributed by atoms with E-state index in [0.717, 1.165) is 45.0 Å². The largest absolute Gasteiger partial charge is 0.368 e. The molecule has 0 amide bonds. The molecule has 1 aromatic heterocycles. The fourth-order valence-corrected chi connectivity index (χ4v) is 4.07. The lowest BCUT2D eigenvalue weighted by Crippen LogP contribution is -2.51. The highest BCUT2D eigenvalue weighted by atomic mass is 16.1. The number of nitrogens with zero attached hydrogens (tertiary/aromatic N) is 5. The summed E-state index contributed by atoms with van der Waals surface area (Å²) in [4.78, 5) is 19.3. The molecule has 0 N–H and O–H groups in total. The van der Waals surface area contributed by atoms with Crippen LogP contribution in [0.2, 0.25) is 0 Å². The van der Waals surface area contributed by atoms with Gasteiger partial charge in [-0.1, -0.05) is 30.3 Å². The molecule has 3 heterocycles. The predicted molar refractivity (Wildman–Crippen MR) is 103 cm³/mol. The van der Waals surface area contributed by atoms with Gasteiger partial charge in [-0.2, -0.15) is 5.10 Å². The van der Waals surface area contributed by atoms with Gasteiger partial charge in [-0.3, -0.25) is 14.6 Å². The van der Waals surface area contributed by atoms with E-state index < -0.39 is 0 Å². The van der Waals surface area contributed by atoms with Gasteiger partial charge in [-0.05, 0) is 12.0 Å². The normalized spacial score (nSPS) is 22.0. The van der Waals surface area contributed by atoms with Crippen molar-refractivity contribution in [2.45, 2.75) is 19.0 Å². The van der Waals surface area contributed by atoms with Crippen LogP contribution in [-0.4, -0.2) is 64.9 Å². The van der Waals surface area contributed by atoms with Gasteiger partial charge in [-0.25, -0.2) is 4.68 Å². The summed E-state index contributed by atoms with van der Waals surface area (Å²) in [7, 11) is 1.69. The minimum atomic E-state index is -0.0442. The lowest BCUT2D eigenvalue weighted by Gasteiger charge is -2.39. The van der Waals surface area contributed by atoms with Crippen LogP contribution in [0, 0.1) is 0 Å². The molecule has 6 nitrogen and oxygen atoms in total. The second-order valence-electron chi connectivity index (χ2n) is 7.36. The maximum atomic E-state index is 11.8. The van der Waals surface area contributed by atoms with Gasteiger partial charge in [0.2, 0.25) is 0 Å². The Kier molecular flexibility index (Phi) is 5.04. The SMILES string of the molecule is Cn1ncc(N2CCN(C3CCN(Cc4ccccc4)C3)CC2)cc1=O. The van der Waals surface area contributed by atoms with Crippen molar-refractivity contribution < 1.29 is 0 Å². The number of rotatable bonds is 4. The fourth-order valence-electron chi connectivity index (χ4n) is 4.07. The Morgan fingerprint density at radius 3 is 2.58 bits per heavy atom. The number of aromatic nitrogens is 2. The molecule has 138 valence electrons. The fraction of sp³-hybridized carbons (Fsp3) is 0.500. The molecule has 2 aliphatic rings. The lowest BCUT2D eigenvalue weighted by molar-refractivity contribution is 0.181. The van der Waals surface area contributed by atoms with E-state index >= 15 is 0 Å². The number of hydrogen-bond acceptors (Lipinski definition) is 5. The van der Waals surface area contributed by atoms with Crippen LogP contribution in [0.25, 0.3) is 0 Å². The first-order valence-electron chi connectivity index (χ1n) is 9.48. The Balaban J connectivity index is 1.30. The average molecular weight is 353 g/mol. The Bertz CT molecular complexity index is 782. The van der Waals surface area contributed by atoms with Gasteiger partial charge in [0.1, 0.15) is 0 Å². The number of benzene rings is 1. The van der Waals surface area contributed by atoms with Crippen molar-refractivity contribution in [3.63, 3.8) is 0 Å². The number of piperazine rings is 1. The molecule has 4 rings (SSSR count). The highest BCUT2D eigenvalue weighted by Gasteiger charge is 2.30. The van der Waals surface area contributed by atoms with Crippen molar-refractivity contribution in [2.75, 3.05) is 44.2 Å². The monoisotopic (exact) mass is 353 g/mol. The van der Waals surface area contributed by atoms with Gasteiger partial charge < -0.3 is 4.90 Å². The maximum Gasteiger partial charge on any atom is 0.268 e. The minimum Gasteiger partial charge on any atom is -0.368 e. The summed E-state index contributed by atoms with van der Waals surface area (Å²) < 4.78 is 1.37. The molecular weight excluding hydrogens is 326 g/mol. The third-order valence-electron chi connectivity index (χ3n) is 5.65. The van der Waals surface area contributed by atoms with E-state index in [4.69, 9.17) is 0 Å². The third kappa shape index (κ3) is 3.81. The number of aryl methyl sites for hydroxylation is 1. The molecule has 1 atom stereocenters. The highest BCUT2D eigenvalue weighted by molar-refractivity contribution is 5.43. The minimum absolute atomic E-state index is 0.0442. The standard InChI is InChI=1S/C20H27N5O/c1-22-20(26)13-19(14-21-22)25-11-9-24(10-12-25)18-7-8-23(16-18)15-17-5-3-2-4-6-17/h2-6,13-14,18H,7-12,15-16H2,1H3. The molecule has 2 saturated heterocycles. The van der Waals surface area contributed by atoms with Crippen LogP contribution in [0.1, 0.15) is 12.0 Å². The Labute approximate surface area is 154 Å². The van der Waals surface area contributed by atoms with E-state index in [2.05, 4.69) is 50.1 Å². The molecule has 0 aliphatic carbocycles. The Hall–Kier alpha value is -2.18. The number of anilines is 1. The van der Waals surface area contributed by atoms with E-state index in [-0.39, 0.29) is 5.56 Å². The zero-order valence-electron chi connectivity index (χ0n) is 15.4. The molecular formula is C20H27N5O. The van der Waals surface area contributed by atoms with Gasteiger partial charge in [0, 0.05) is 65.0 Å². The molecule has 1 aromatic carbocycles. The van der Waals surface area contributed by atoms with Crippen molar-refractivity contribution in [1.29, 1.82) is 0 Å². The van der Waals surface area contributed by atoms with Gasteiger partial charge in [-0.15, -0.1) is 0 Å². The first-order chi connectivity index (χ1) is 12.7. The summed E-state index contributed by atoms with van der Waals surface area (Å²) in [5.74, 6) is 0. The molecule has 2 aromatic rings. The van der Waals surface area contributed by atoms with Gasteiger partial charge in [0.25, 0.3) is 5.56 Å².